The molecule has 3 atom stereocenters. The number of carbonyl (C=O) groups excluding carboxylic acids is 2. The van der Waals surface area contributed by atoms with Gasteiger partial charge in [-0.15, -0.1) is 0 Å². The average molecular weight is 427 g/mol. The maximum absolute atomic E-state index is 12.9. The Labute approximate surface area is 184 Å². The first-order chi connectivity index (χ1) is 15.5. The third kappa shape index (κ3) is 3.64. The van der Waals surface area contributed by atoms with Gasteiger partial charge < -0.3 is 15.2 Å². The van der Waals surface area contributed by atoms with Crippen LogP contribution in [0, 0.1) is 11.8 Å². The standard InChI is InChI=1S/C26H21NO5/c28-23-13-18-10-9-17(12-22(18)27-23)16-7-4-8-19(11-16)32-26(31)21-14-20(25(29)30)24(21)15-5-2-1-3-6-15/h1-12,20-21,24H,13-14H2,(H,27,28)(H,29,30)/t20?,21-,24?/m0/s1. The summed E-state index contributed by atoms with van der Waals surface area (Å²) in [5.41, 5.74) is 4.36. The maximum Gasteiger partial charge on any atom is 0.315 e. The lowest BCUT2D eigenvalue weighted by atomic mass is 9.62. The normalized spacial score (nSPS) is 21.2. The van der Waals surface area contributed by atoms with E-state index >= 15 is 0 Å². The van der Waals surface area contributed by atoms with Gasteiger partial charge in [-0.25, -0.2) is 0 Å². The molecule has 2 unspecified atom stereocenters. The second-order valence-electron chi connectivity index (χ2n) is 8.27. The molecule has 5 rings (SSSR count). The molecule has 0 saturated heterocycles. The lowest BCUT2D eigenvalue weighted by Crippen LogP contribution is -2.45. The van der Waals surface area contributed by atoms with Gasteiger partial charge in [0, 0.05) is 11.6 Å². The van der Waals surface area contributed by atoms with E-state index in [0.717, 1.165) is 27.9 Å². The minimum atomic E-state index is -0.895. The van der Waals surface area contributed by atoms with Gasteiger partial charge in [0.1, 0.15) is 5.75 Å². The van der Waals surface area contributed by atoms with Crippen molar-refractivity contribution in [2.75, 3.05) is 5.32 Å². The average Bonchev–Trinajstić information content (AvgIpc) is 3.13. The summed E-state index contributed by atoms with van der Waals surface area (Å²) in [6.07, 6.45) is 0.645. The first-order valence-electron chi connectivity index (χ1n) is 10.5. The molecule has 1 aliphatic carbocycles. The Morgan fingerprint density at radius 3 is 2.47 bits per heavy atom. The lowest BCUT2D eigenvalue weighted by Gasteiger charge is -2.40. The highest BCUT2D eigenvalue weighted by molar-refractivity contribution is 6.00. The van der Waals surface area contributed by atoms with E-state index in [4.69, 9.17) is 4.74 Å². The molecular formula is C26H21NO5. The van der Waals surface area contributed by atoms with Gasteiger partial charge in [-0.05, 0) is 46.9 Å². The van der Waals surface area contributed by atoms with E-state index in [0.29, 0.717) is 12.2 Å². The summed E-state index contributed by atoms with van der Waals surface area (Å²) in [5.74, 6) is -2.43. The number of carbonyl (C=O) groups is 3. The Morgan fingerprint density at radius 2 is 1.69 bits per heavy atom. The van der Waals surface area contributed by atoms with Crippen LogP contribution in [0.1, 0.15) is 23.5 Å². The second kappa shape index (κ2) is 7.96. The highest BCUT2D eigenvalue weighted by Gasteiger charge is 2.50. The van der Waals surface area contributed by atoms with Crippen molar-refractivity contribution >= 4 is 23.5 Å². The third-order valence-electron chi connectivity index (χ3n) is 6.30. The van der Waals surface area contributed by atoms with Crippen molar-refractivity contribution in [3.05, 3.63) is 83.9 Å². The van der Waals surface area contributed by atoms with Gasteiger partial charge in [0.25, 0.3) is 0 Å². The molecule has 3 aromatic carbocycles. The van der Waals surface area contributed by atoms with Gasteiger partial charge in [0.05, 0.1) is 18.3 Å². The molecule has 1 saturated carbocycles. The Morgan fingerprint density at radius 1 is 0.906 bits per heavy atom. The van der Waals surface area contributed by atoms with Crippen molar-refractivity contribution in [3.63, 3.8) is 0 Å². The fraction of sp³-hybridized carbons (Fsp3) is 0.192. The number of amides is 1. The Hall–Kier alpha value is -3.93. The number of rotatable bonds is 5. The number of hydrogen-bond donors (Lipinski definition) is 2. The van der Waals surface area contributed by atoms with Crippen LogP contribution in [0.15, 0.2) is 72.8 Å². The molecule has 1 amide bonds. The quantitative estimate of drug-likeness (QED) is 0.469. The molecule has 3 aromatic rings. The molecule has 1 fully saturated rings. The number of fused-ring (bicyclic) bond motifs is 1. The molecule has 2 aliphatic rings. The number of benzene rings is 3. The summed E-state index contributed by atoms with van der Waals surface area (Å²) in [5, 5.41) is 12.4. The van der Waals surface area contributed by atoms with Crippen LogP contribution in [0.2, 0.25) is 0 Å². The van der Waals surface area contributed by atoms with E-state index in [1.54, 1.807) is 18.2 Å². The fourth-order valence-corrected chi connectivity index (χ4v) is 4.61. The predicted molar refractivity (Wildman–Crippen MR) is 118 cm³/mol. The van der Waals surface area contributed by atoms with E-state index in [9.17, 15) is 19.5 Å². The monoisotopic (exact) mass is 427 g/mol. The Kier molecular flexibility index (Phi) is 4.98. The Balaban J connectivity index is 1.35. The van der Waals surface area contributed by atoms with E-state index in [2.05, 4.69) is 5.32 Å². The molecule has 6 heteroatoms. The lowest BCUT2D eigenvalue weighted by molar-refractivity contribution is -0.155. The van der Waals surface area contributed by atoms with E-state index in [-0.39, 0.29) is 12.3 Å². The summed E-state index contributed by atoms with van der Waals surface area (Å²) in [7, 11) is 0. The summed E-state index contributed by atoms with van der Waals surface area (Å²) in [6.45, 7) is 0. The van der Waals surface area contributed by atoms with Crippen LogP contribution in [0.5, 0.6) is 5.75 Å². The zero-order valence-electron chi connectivity index (χ0n) is 17.2. The maximum atomic E-state index is 12.9. The molecule has 0 radical (unpaired) electrons. The molecule has 2 N–H and O–H groups in total. The molecule has 0 spiro atoms. The van der Waals surface area contributed by atoms with Crippen LogP contribution >= 0.6 is 0 Å². The van der Waals surface area contributed by atoms with Crippen LogP contribution < -0.4 is 10.1 Å². The number of nitrogens with one attached hydrogen (secondary N) is 1. The number of carboxylic acids is 1. The van der Waals surface area contributed by atoms with Crippen LogP contribution in [-0.2, 0) is 20.8 Å². The van der Waals surface area contributed by atoms with Crippen LogP contribution in [-0.4, -0.2) is 23.0 Å². The van der Waals surface area contributed by atoms with Crippen molar-refractivity contribution in [1.29, 1.82) is 0 Å². The highest BCUT2D eigenvalue weighted by Crippen LogP contribution is 2.48. The van der Waals surface area contributed by atoms with Gasteiger partial charge in [-0.1, -0.05) is 54.6 Å². The summed E-state index contributed by atoms with van der Waals surface area (Å²) in [4.78, 5) is 36.1. The molecule has 6 nitrogen and oxygen atoms in total. The van der Waals surface area contributed by atoms with Gasteiger partial charge in [0.2, 0.25) is 5.91 Å². The molecule has 1 aliphatic heterocycles. The Bertz CT molecular complexity index is 1220. The smallest absolute Gasteiger partial charge is 0.315 e. The van der Waals surface area contributed by atoms with Gasteiger partial charge in [0.15, 0.2) is 0 Å². The SMILES string of the molecule is O=C1Cc2ccc(-c3cccc(OC(=O)[C@H]4CC(C(=O)O)C4c4ccccc4)c3)cc2N1. The van der Waals surface area contributed by atoms with Gasteiger partial charge in [-0.2, -0.15) is 0 Å². The number of ether oxygens (including phenoxy) is 1. The number of anilines is 1. The first kappa shape index (κ1) is 20.0. The van der Waals surface area contributed by atoms with Crippen LogP contribution in [0.3, 0.4) is 0 Å². The molecule has 0 aromatic heterocycles. The number of esters is 1. The van der Waals surface area contributed by atoms with Gasteiger partial charge >= 0.3 is 11.9 Å². The molecule has 160 valence electrons. The van der Waals surface area contributed by atoms with Crippen LogP contribution in [0.4, 0.5) is 5.69 Å². The van der Waals surface area contributed by atoms with Crippen molar-refractivity contribution in [1.82, 2.24) is 0 Å². The largest absolute Gasteiger partial charge is 0.481 e. The summed E-state index contributed by atoms with van der Waals surface area (Å²) < 4.78 is 5.67. The van der Waals surface area contributed by atoms with Crippen molar-refractivity contribution in [2.45, 2.75) is 18.8 Å². The van der Waals surface area contributed by atoms with Gasteiger partial charge in [-0.3, -0.25) is 14.4 Å². The van der Waals surface area contributed by atoms with Crippen molar-refractivity contribution in [2.24, 2.45) is 11.8 Å². The summed E-state index contributed by atoms with van der Waals surface area (Å²) >= 11 is 0. The zero-order chi connectivity index (χ0) is 22.2. The molecule has 0 bridgehead atoms. The van der Waals surface area contributed by atoms with Crippen LogP contribution in [0.25, 0.3) is 11.1 Å². The summed E-state index contributed by atoms with van der Waals surface area (Å²) in [6, 6.07) is 22.2. The van der Waals surface area contributed by atoms with E-state index in [1.807, 2.05) is 54.6 Å². The third-order valence-corrected chi connectivity index (χ3v) is 6.30. The first-order valence-corrected chi connectivity index (χ1v) is 10.5. The minimum absolute atomic E-state index is 0.0204. The topological polar surface area (TPSA) is 92.7 Å². The zero-order valence-corrected chi connectivity index (χ0v) is 17.2. The number of aliphatic carboxylic acids is 1. The molecule has 1 heterocycles. The second-order valence-corrected chi connectivity index (χ2v) is 8.27. The van der Waals surface area contributed by atoms with Crippen molar-refractivity contribution in [3.8, 4) is 16.9 Å². The predicted octanol–water partition coefficient (Wildman–Crippen LogP) is 4.26. The number of carboxylic acid groups (broad SMARTS) is 1. The highest BCUT2D eigenvalue weighted by atomic mass is 16.5. The van der Waals surface area contributed by atoms with Crippen molar-refractivity contribution < 1.29 is 24.2 Å². The number of hydrogen-bond acceptors (Lipinski definition) is 4. The van der Waals surface area contributed by atoms with E-state index < -0.39 is 29.7 Å². The van der Waals surface area contributed by atoms with E-state index in [1.165, 1.54) is 0 Å². The minimum Gasteiger partial charge on any atom is -0.481 e. The fourth-order valence-electron chi connectivity index (χ4n) is 4.61. The molecular weight excluding hydrogens is 406 g/mol. The molecule has 32 heavy (non-hydrogen) atoms.